The maximum Gasteiger partial charge on any atom is 0.189 e. The quantitative estimate of drug-likeness (QED) is 0.544. The standard InChI is InChI=1S/C9H17NO/c1-4-9(11)8-6-5-7-10(8,2)3/h8H,1,4-7H2,2-3H3/q+1. The van der Waals surface area contributed by atoms with E-state index in [0.29, 0.717) is 12.2 Å². The van der Waals surface area contributed by atoms with Crippen molar-refractivity contribution in [2.24, 2.45) is 0 Å². The fraction of sp³-hybridized carbons (Fsp3) is 0.778. The molecule has 0 spiro atoms. The summed E-state index contributed by atoms with van der Waals surface area (Å²) in [5.74, 6) is 0.326. The topological polar surface area (TPSA) is 17.1 Å². The molecule has 1 rings (SSSR count). The summed E-state index contributed by atoms with van der Waals surface area (Å²) in [5, 5.41) is 0. The summed E-state index contributed by atoms with van der Waals surface area (Å²) in [6, 6.07) is 0.229. The Hall–Kier alpha value is -0.370. The Morgan fingerprint density at radius 3 is 2.64 bits per heavy atom. The molecular formula is C9H17NO+. The SMILES string of the molecule is [CH2]CC(=O)C1CCC[N+]1(C)C. The van der Waals surface area contributed by atoms with Crippen molar-refractivity contribution >= 4 is 5.78 Å². The average Bonchev–Trinajstić information content (AvgIpc) is 2.28. The third-order valence-corrected chi connectivity index (χ3v) is 2.67. The van der Waals surface area contributed by atoms with Crippen LogP contribution in [0.1, 0.15) is 19.3 Å². The maximum atomic E-state index is 11.4. The molecule has 0 aliphatic carbocycles. The number of carbonyl (C=O) groups is 1. The Morgan fingerprint density at radius 1 is 1.64 bits per heavy atom. The van der Waals surface area contributed by atoms with Crippen molar-refractivity contribution in [2.45, 2.75) is 25.3 Å². The van der Waals surface area contributed by atoms with Gasteiger partial charge in [-0.25, -0.2) is 0 Å². The van der Waals surface area contributed by atoms with E-state index in [2.05, 4.69) is 21.0 Å². The third-order valence-electron chi connectivity index (χ3n) is 2.67. The first-order chi connectivity index (χ1) is 5.08. The zero-order chi connectivity index (χ0) is 8.48. The molecular weight excluding hydrogens is 138 g/mol. The molecule has 1 unspecified atom stereocenters. The number of likely N-dealkylation sites (tertiary alicyclic amines) is 1. The van der Waals surface area contributed by atoms with Gasteiger partial charge in [0.05, 0.1) is 20.6 Å². The fourth-order valence-electron chi connectivity index (χ4n) is 1.91. The number of hydrogen-bond acceptors (Lipinski definition) is 1. The van der Waals surface area contributed by atoms with E-state index >= 15 is 0 Å². The minimum absolute atomic E-state index is 0.229. The zero-order valence-electron chi connectivity index (χ0n) is 7.47. The van der Waals surface area contributed by atoms with Crippen LogP contribution in [0.25, 0.3) is 0 Å². The van der Waals surface area contributed by atoms with Gasteiger partial charge >= 0.3 is 0 Å². The smallest absolute Gasteiger partial charge is 0.189 e. The van der Waals surface area contributed by atoms with E-state index in [1.165, 1.54) is 6.42 Å². The molecule has 0 aromatic rings. The number of nitrogens with zero attached hydrogens (tertiary/aromatic N) is 1. The summed E-state index contributed by atoms with van der Waals surface area (Å²) in [6.45, 7) is 4.77. The molecule has 0 bridgehead atoms. The van der Waals surface area contributed by atoms with Gasteiger partial charge in [0.1, 0.15) is 6.04 Å². The van der Waals surface area contributed by atoms with Crippen molar-refractivity contribution in [3.63, 3.8) is 0 Å². The number of quaternary nitrogens is 1. The van der Waals surface area contributed by atoms with Gasteiger partial charge in [0.25, 0.3) is 0 Å². The highest BCUT2D eigenvalue weighted by atomic mass is 16.1. The maximum absolute atomic E-state index is 11.4. The van der Waals surface area contributed by atoms with Crippen LogP contribution in [0.15, 0.2) is 0 Å². The summed E-state index contributed by atoms with van der Waals surface area (Å²) in [7, 11) is 4.26. The molecule has 1 fully saturated rings. The highest BCUT2D eigenvalue weighted by Gasteiger charge is 2.38. The van der Waals surface area contributed by atoms with Gasteiger partial charge in [-0.2, -0.15) is 0 Å². The number of hydrogen-bond donors (Lipinski definition) is 0. The van der Waals surface area contributed by atoms with E-state index in [4.69, 9.17) is 0 Å². The van der Waals surface area contributed by atoms with Crippen LogP contribution in [0, 0.1) is 6.92 Å². The molecule has 11 heavy (non-hydrogen) atoms. The molecule has 1 aliphatic rings. The number of likely N-dealkylation sites (N-methyl/N-ethyl adjacent to an activating group) is 1. The van der Waals surface area contributed by atoms with E-state index in [1.54, 1.807) is 0 Å². The second kappa shape index (κ2) is 2.94. The van der Waals surface area contributed by atoms with Crippen molar-refractivity contribution < 1.29 is 9.28 Å². The summed E-state index contributed by atoms with van der Waals surface area (Å²) >= 11 is 0. The van der Waals surface area contributed by atoms with Gasteiger partial charge in [0.2, 0.25) is 0 Å². The molecule has 1 saturated heterocycles. The van der Waals surface area contributed by atoms with E-state index in [-0.39, 0.29) is 6.04 Å². The molecule has 1 atom stereocenters. The van der Waals surface area contributed by atoms with Gasteiger partial charge in [-0.15, -0.1) is 0 Å². The van der Waals surface area contributed by atoms with Crippen LogP contribution in [0.2, 0.25) is 0 Å². The molecule has 1 radical (unpaired) electrons. The van der Waals surface area contributed by atoms with Gasteiger partial charge < -0.3 is 4.48 Å². The molecule has 0 aromatic heterocycles. The molecule has 1 aliphatic heterocycles. The van der Waals surface area contributed by atoms with Gasteiger partial charge in [-0.1, -0.05) is 0 Å². The average molecular weight is 155 g/mol. The van der Waals surface area contributed by atoms with E-state index in [0.717, 1.165) is 17.4 Å². The lowest BCUT2D eigenvalue weighted by atomic mass is 10.1. The molecule has 2 heteroatoms. The Bertz CT molecular complexity index is 163. The van der Waals surface area contributed by atoms with Gasteiger partial charge in [-0.05, 0) is 6.92 Å². The molecule has 2 nitrogen and oxygen atoms in total. The Kier molecular flexibility index (Phi) is 2.33. The zero-order valence-corrected chi connectivity index (χ0v) is 7.47. The van der Waals surface area contributed by atoms with Crippen molar-refractivity contribution in [1.29, 1.82) is 0 Å². The van der Waals surface area contributed by atoms with Crippen LogP contribution >= 0.6 is 0 Å². The second-order valence-electron chi connectivity index (χ2n) is 3.88. The monoisotopic (exact) mass is 155 g/mol. The minimum atomic E-state index is 0.229. The molecule has 0 aromatic carbocycles. The van der Waals surface area contributed by atoms with Gasteiger partial charge in [-0.3, -0.25) is 4.79 Å². The Labute approximate surface area is 68.8 Å². The molecule has 63 valence electrons. The van der Waals surface area contributed by atoms with Crippen LogP contribution in [-0.2, 0) is 4.79 Å². The molecule has 0 saturated carbocycles. The number of ketones is 1. The van der Waals surface area contributed by atoms with E-state index in [9.17, 15) is 4.79 Å². The van der Waals surface area contributed by atoms with Gasteiger partial charge in [0, 0.05) is 19.3 Å². The fourth-order valence-corrected chi connectivity index (χ4v) is 1.91. The second-order valence-corrected chi connectivity index (χ2v) is 3.88. The van der Waals surface area contributed by atoms with E-state index < -0.39 is 0 Å². The first-order valence-corrected chi connectivity index (χ1v) is 4.22. The number of Topliss-reactive ketones (excluding diaryl/α,β-unsaturated/α-hetero) is 1. The Morgan fingerprint density at radius 2 is 2.27 bits per heavy atom. The minimum Gasteiger partial charge on any atom is -0.320 e. The summed E-state index contributed by atoms with van der Waals surface area (Å²) < 4.78 is 0.869. The van der Waals surface area contributed by atoms with E-state index in [1.807, 2.05) is 0 Å². The first kappa shape index (κ1) is 8.72. The molecule has 0 amide bonds. The van der Waals surface area contributed by atoms with Crippen molar-refractivity contribution in [3.05, 3.63) is 6.92 Å². The highest BCUT2D eigenvalue weighted by Crippen LogP contribution is 2.23. The molecule has 0 N–H and O–H groups in total. The number of carbonyl (C=O) groups excluding carboxylic acids is 1. The Balaban J connectivity index is 2.64. The van der Waals surface area contributed by atoms with Crippen molar-refractivity contribution in [2.75, 3.05) is 20.6 Å². The summed E-state index contributed by atoms with van der Waals surface area (Å²) in [5.41, 5.74) is 0. The van der Waals surface area contributed by atoms with Crippen molar-refractivity contribution in [1.82, 2.24) is 0 Å². The normalized spacial score (nSPS) is 28.8. The van der Waals surface area contributed by atoms with Gasteiger partial charge in [0.15, 0.2) is 5.78 Å². The lowest BCUT2D eigenvalue weighted by Gasteiger charge is -2.30. The first-order valence-electron chi connectivity index (χ1n) is 4.22. The molecule has 1 heterocycles. The van der Waals surface area contributed by atoms with Crippen LogP contribution in [-0.4, -0.2) is 36.9 Å². The largest absolute Gasteiger partial charge is 0.320 e. The third kappa shape index (κ3) is 1.62. The predicted octanol–water partition coefficient (Wildman–Crippen LogP) is 1.02. The van der Waals surface area contributed by atoms with Crippen LogP contribution in [0.5, 0.6) is 0 Å². The summed E-state index contributed by atoms with van der Waals surface area (Å²) in [4.78, 5) is 11.4. The predicted molar refractivity (Wildman–Crippen MR) is 45.0 cm³/mol. The van der Waals surface area contributed by atoms with Crippen LogP contribution < -0.4 is 0 Å². The number of rotatable bonds is 2. The summed E-state index contributed by atoms with van der Waals surface area (Å²) in [6.07, 6.45) is 2.69. The van der Waals surface area contributed by atoms with Crippen molar-refractivity contribution in [3.8, 4) is 0 Å². The lowest BCUT2D eigenvalue weighted by molar-refractivity contribution is -0.893. The highest BCUT2D eigenvalue weighted by molar-refractivity contribution is 5.83. The van der Waals surface area contributed by atoms with Crippen LogP contribution in [0.4, 0.5) is 0 Å². The lowest BCUT2D eigenvalue weighted by Crippen LogP contribution is -2.48. The van der Waals surface area contributed by atoms with Crippen LogP contribution in [0.3, 0.4) is 0 Å².